The van der Waals surface area contributed by atoms with E-state index in [9.17, 15) is 12.8 Å². The summed E-state index contributed by atoms with van der Waals surface area (Å²) in [5.74, 6) is -0.655. The summed E-state index contributed by atoms with van der Waals surface area (Å²) < 4.78 is 41.4. The van der Waals surface area contributed by atoms with E-state index in [1.54, 1.807) is 0 Å². The Morgan fingerprint density at radius 1 is 1.20 bits per heavy atom. The molecule has 0 aromatic heterocycles. The molecular formula is C14H12ClFO3S. The zero-order valence-electron chi connectivity index (χ0n) is 10.6. The Labute approximate surface area is 121 Å². The van der Waals surface area contributed by atoms with Gasteiger partial charge < -0.3 is 4.74 Å². The summed E-state index contributed by atoms with van der Waals surface area (Å²) in [6.07, 6.45) is 0. The molecule has 0 radical (unpaired) electrons. The second-order valence-corrected chi connectivity index (χ2v) is 6.78. The molecule has 0 saturated heterocycles. The van der Waals surface area contributed by atoms with Gasteiger partial charge in [-0.05, 0) is 36.2 Å². The normalized spacial score (nSPS) is 11.3. The molecular weight excluding hydrogens is 303 g/mol. The molecule has 106 valence electrons. The minimum atomic E-state index is -4.06. The first kappa shape index (κ1) is 14.8. The molecule has 2 aromatic carbocycles. The lowest BCUT2D eigenvalue weighted by molar-refractivity contribution is 0.296. The predicted octanol–water partition coefficient (Wildman–Crippen LogP) is 3.64. The van der Waals surface area contributed by atoms with Crippen molar-refractivity contribution in [2.75, 3.05) is 0 Å². The molecule has 2 rings (SSSR count). The molecule has 6 heteroatoms. The lowest BCUT2D eigenvalue weighted by atomic mass is 10.1. The molecule has 0 aliphatic carbocycles. The number of ether oxygens (including phenoxy) is 1. The van der Waals surface area contributed by atoms with Crippen LogP contribution < -0.4 is 4.74 Å². The van der Waals surface area contributed by atoms with E-state index in [-0.39, 0.29) is 17.3 Å². The zero-order valence-corrected chi connectivity index (χ0v) is 12.2. The summed E-state index contributed by atoms with van der Waals surface area (Å²) in [4.78, 5) is -0.368. The number of rotatable bonds is 4. The van der Waals surface area contributed by atoms with Gasteiger partial charge in [0.15, 0.2) is 0 Å². The van der Waals surface area contributed by atoms with Crippen LogP contribution in [0, 0.1) is 12.7 Å². The summed E-state index contributed by atoms with van der Waals surface area (Å²) in [5, 5.41) is 0. The van der Waals surface area contributed by atoms with Gasteiger partial charge in [0.1, 0.15) is 23.1 Å². The molecule has 0 N–H and O–H groups in total. The van der Waals surface area contributed by atoms with Gasteiger partial charge in [-0.2, -0.15) is 0 Å². The average molecular weight is 315 g/mol. The Balaban J connectivity index is 2.29. The highest BCUT2D eigenvalue weighted by Crippen LogP contribution is 2.28. The van der Waals surface area contributed by atoms with Crippen LogP contribution in [0.1, 0.15) is 11.1 Å². The topological polar surface area (TPSA) is 43.4 Å². The molecule has 2 aromatic rings. The van der Waals surface area contributed by atoms with Gasteiger partial charge in [-0.25, -0.2) is 12.8 Å². The Bertz CT molecular complexity index is 729. The van der Waals surface area contributed by atoms with Crippen molar-refractivity contribution in [2.45, 2.75) is 18.4 Å². The SMILES string of the molecule is Cc1ccccc1COc1ccc(F)cc1S(=O)(=O)Cl. The van der Waals surface area contributed by atoms with E-state index in [0.29, 0.717) is 0 Å². The number of benzene rings is 2. The highest BCUT2D eigenvalue weighted by Gasteiger charge is 2.18. The van der Waals surface area contributed by atoms with Crippen LogP contribution in [0.3, 0.4) is 0 Å². The van der Waals surface area contributed by atoms with E-state index in [4.69, 9.17) is 15.4 Å². The lowest BCUT2D eigenvalue weighted by Crippen LogP contribution is -2.02. The third-order valence-corrected chi connectivity index (χ3v) is 4.16. The molecule has 0 spiro atoms. The largest absolute Gasteiger partial charge is 0.487 e. The summed E-state index contributed by atoms with van der Waals surface area (Å²) >= 11 is 0. The minimum absolute atomic E-state index is 0.0321. The van der Waals surface area contributed by atoms with Crippen LogP contribution >= 0.6 is 10.7 Å². The third-order valence-electron chi connectivity index (χ3n) is 2.81. The van der Waals surface area contributed by atoms with E-state index < -0.39 is 14.9 Å². The molecule has 0 heterocycles. The molecule has 0 amide bonds. The van der Waals surface area contributed by atoms with Gasteiger partial charge in [0.2, 0.25) is 0 Å². The van der Waals surface area contributed by atoms with Crippen molar-refractivity contribution in [1.29, 1.82) is 0 Å². The van der Waals surface area contributed by atoms with Gasteiger partial charge in [0, 0.05) is 10.7 Å². The van der Waals surface area contributed by atoms with Crippen LogP contribution in [0.25, 0.3) is 0 Å². The highest BCUT2D eigenvalue weighted by atomic mass is 35.7. The maximum Gasteiger partial charge on any atom is 0.265 e. The third kappa shape index (κ3) is 3.49. The zero-order chi connectivity index (χ0) is 14.8. The van der Waals surface area contributed by atoms with Crippen LogP contribution in [0.5, 0.6) is 5.75 Å². The Kier molecular flexibility index (Phi) is 4.30. The summed E-state index contributed by atoms with van der Waals surface area (Å²) in [6, 6.07) is 10.8. The molecule has 0 fully saturated rings. The smallest absolute Gasteiger partial charge is 0.265 e. The van der Waals surface area contributed by atoms with Gasteiger partial charge in [0.25, 0.3) is 9.05 Å². The van der Waals surface area contributed by atoms with Crippen LogP contribution in [-0.4, -0.2) is 8.42 Å². The van der Waals surface area contributed by atoms with E-state index in [1.807, 2.05) is 31.2 Å². The maximum absolute atomic E-state index is 13.1. The first-order chi connectivity index (χ1) is 9.38. The van der Waals surface area contributed by atoms with Gasteiger partial charge >= 0.3 is 0 Å². The highest BCUT2D eigenvalue weighted by molar-refractivity contribution is 8.13. The Morgan fingerprint density at radius 3 is 2.55 bits per heavy atom. The summed E-state index contributed by atoms with van der Waals surface area (Å²) in [7, 11) is 1.21. The summed E-state index contributed by atoms with van der Waals surface area (Å²) in [5.41, 5.74) is 1.93. The number of hydrogen-bond acceptors (Lipinski definition) is 3. The van der Waals surface area contributed by atoms with Gasteiger partial charge in [-0.1, -0.05) is 24.3 Å². The quantitative estimate of drug-likeness (QED) is 0.809. The van der Waals surface area contributed by atoms with Crippen molar-refractivity contribution in [3.05, 3.63) is 59.4 Å². The Hall–Kier alpha value is -1.59. The average Bonchev–Trinajstić information content (AvgIpc) is 2.38. The van der Waals surface area contributed by atoms with E-state index in [0.717, 1.165) is 23.3 Å². The predicted molar refractivity (Wildman–Crippen MR) is 74.9 cm³/mol. The van der Waals surface area contributed by atoms with Crippen molar-refractivity contribution >= 4 is 19.7 Å². The van der Waals surface area contributed by atoms with Crippen molar-refractivity contribution in [3.63, 3.8) is 0 Å². The number of hydrogen-bond donors (Lipinski definition) is 0. The lowest BCUT2D eigenvalue weighted by Gasteiger charge is -2.11. The first-order valence-corrected chi connectivity index (χ1v) is 8.10. The monoisotopic (exact) mass is 314 g/mol. The van der Waals surface area contributed by atoms with Crippen LogP contribution in [0.15, 0.2) is 47.4 Å². The van der Waals surface area contributed by atoms with Crippen LogP contribution in [-0.2, 0) is 15.7 Å². The number of aryl methyl sites for hydroxylation is 1. The summed E-state index contributed by atoms with van der Waals surface area (Å²) in [6.45, 7) is 2.10. The molecule has 3 nitrogen and oxygen atoms in total. The number of halogens is 2. The van der Waals surface area contributed by atoms with Crippen LogP contribution in [0.2, 0.25) is 0 Å². The second-order valence-electron chi connectivity index (χ2n) is 4.24. The van der Waals surface area contributed by atoms with Crippen molar-refractivity contribution in [1.82, 2.24) is 0 Å². The van der Waals surface area contributed by atoms with Crippen LogP contribution in [0.4, 0.5) is 4.39 Å². The van der Waals surface area contributed by atoms with Crippen molar-refractivity contribution in [3.8, 4) is 5.75 Å². The molecule has 0 aliphatic heterocycles. The second kappa shape index (κ2) is 5.81. The maximum atomic E-state index is 13.1. The van der Waals surface area contributed by atoms with Crippen molar-refractivity contribution < 1.29 is 17.5 Å². The van der Waals surface area contributed by atoms with Gasteiger partial charge in [-0.3, -0.25) is 0 Å². The molecule has 20 heavy (non-hydrogen) atoms. The van der Waals surface area contributed by atoms with Crippen molar-refractivity contribution in [2.24, 2.45) is 0 Å². The van der Waals surface area contributed by atoms with E-state index >= 15 is 0 Å². The van der Waals surface area contributed by atoms with E-state index in [2.05, 4.69) is 0 Å². The fourth-order valence-corrected chi connectivity index (χ4v) is 2.70. The standard InChI is InChI=1S/C14H12ClFO3S/c1-10-4-2-3-5-11(10)9-19-13-7-6-12(16)8-14(13)20(15,17)18/h2-8H,9H2,1H3. The molecule has 0 atom stereocenters. The molecule has 0 bridgehead atoms. The van der Waals surface area contributed by atoms with E-state index in [1.165, 1.54) is 6.07 Å². The fourth-order valence-electron chi connectivity index (χ4n) is 1.72. The van der Waals surface area contributed by atoms with Gasteiger partial charge in [0.05, 0.1) is 0 Å². The molecule has 0 saturated carbocycles. The first-order valence-electron chi connectivity index (χ1n) is 5.79. The fraction of sp³-hybridized carbons (Fsp3) is 0.143. The molecule has 0 unspecified atom stereocenters. The molecule has 0 aliphatic rings. The minimum Gasteiger partial charge on any atom is -0.487 e. The van der Waals surface area contributed by atoms with Gasteiger partial charge in [-0.15, -0.1) is 0 Å². The Morgan fingerprint density at radius 2 is 1.90 bits per heavy atom.